The van der Waals surface area contributed by atoms with Gasteiger partial charge < -0.3 is 9.73 Å². The molecule has 4 rings (SSSR count). The van der Waals surface area contributed by atoms with Crippen LogP contribution in [0.2, 0.25) is 0 Å². The van der Waals surface area contributed by atoms with Crippen molar-refractivity contribution < 1.29 is 9.21 Å². The van der Waals surface area contributed by atoms with Gasteiger partial charge in [-0.1, -0.05) is 6.07 Å². The van der Waals surface area contributed by atoms with E-state index in [9.17, 15) is 4.79 Å². The van der Waals surface area contributed by atoms with Crippen LogP contribution in [0.15, 0.2) is 28.9 Å². The maximum absolute atomic E-state index is 12.4. The first-order valence-electron chi connectivity index (χ1n) is 8.44. The summed E-state index contributed by atoms with van der Waals surface area (Å²) in [5.74, 6) is 2.66. The number of nitrogens with one attached hydrogen (secondary N) is 1. The molecule has 1 amide bonds. The summed E-state index contributed by atoms with van der Waals surface area (Å²) in [5.41, 5.74) is 3.69. The number of anilines is 1. The molecule has 2 aromatic rings. The van der Waals surface area contributed by atoms with Crippen molar-refractivity contribution in [2.45, 2.75) is 39.5 Å². The number of amides is 1. The predicted molar refractivity (Wildman–Crippen MR) is 89.0 cm³/mol. The highest BCUT2D eigenvalue weighted by Gasteiger charge is 2.42. The number of carbonyl (C=O) groups excluding carboxylic acids is 1. The molecule has 0 unspecified atom stereocenters. The van der Waals surface area contributed by atoms with Gasteiger partial charge in [0, 0.05) is 17.2 Å². The normalized spacial score (nSPS) is 23.4. The summed E-state index contributed by atoms with van der Waals surface area (Å²) in [7, 11) is 0. The molecule has 2 aliphatic rings. The van der Waals surface area contributed by atoms with Crippen LogP contribution in [0.5, 0.6) is 0 Å². The van der Waals surface area contributed by atoms with E-state index in [1.165, 1.54) is 12.8 Å². The Balaban J connectivity index is 1.45. The summed E-state index contributed by atoms with van der Waals surface area (Å²) in [4.78, 5) is 16.8. The average Bonchev–Trinajstić information content (AvgIpc) is 3.20. The van der Waals surface area contributed by atoms with Gasteiger partial charge in [-0.25, -0.2) is 4.98 Å². The van der Waals surface area contributed by atoms with Crippen LogP contribution in [0, 0.1) is 31.6 Å². The fourth-order valence-corrected chi connectivity index (χ4v) is 3.48. The lowest BCUT2D eigenvalue weighted by Crippen LogP contribution is -2.35. The van der Waals surface area contributed by atoms with Gasteiger partial charge in [0.05, 0.1) is 5.69 Å². The fourth-order valence-electron chi connectivity index (χ4n) is 3.48. The third kappa shape index (κ3) is 2.90. The molecular formula is C19H22N2O2. The molecule has 0 radical (unpaired) electrons. The lowest BCUT2D eigenvalue weighted by molar-refractivity contribution is -0.124. The van der Waals surface area contributed by atoms with Crippen molar-refractivity contribution in [1.82, 2.24) is 4.98 Å². The smallest absolute Gasteiger partial charge is 0.227 e. The van der Waals surface area contributed by atoms with Gasteiger partial charge in [0.25, 0.3) is 0 Å². The maximum Gasteiger partial charge on any atom is 0.227 e. The molecular weight excluding hydrogens is 288 g/mol. The van der Waals surface area contributed by atoms with E-state index in [1.807, 2.05) is 32.0 Å². The van der Waals surface area contributed by atoms with Gasteiger partial charge in [-0.15, -0.1) is 0 Å². The number of aryl methyl sites for hydroxylation is 2. The average molecular weight is 310 g/mol. The molecule has 0 aliphatic heterocycles. The Labute approximate surface area is 136 Å². The van der Waals surface area contributed by atoms with Gasteiger partial charge in [-0.3, -0.25) is 4.79 Å². The predicted octanol–water partition coefficient (Wildman–Crippen LogP) is 4.33. The summed E-state index contributed by atoms with van der Waals surface area (Å²) in [6.45, 7) is 3.92. The Kier molecular flexibility index (Phi) is 3.47. The number of rotatable bonds is 4. The van der Waals surface area contributed by atoms with E-state index in [0.717, 1.165) is 47.2 Å². The molecule has 23 heavy (non-hydrogen) atoms. The Hall–Kier alpha value is -2.10. The van der Waals surface area contributed by atoms with E-state index in [2.05, 4.69) is 10.3 Å². The van der Waals surface area contributed by atoms with E-state index < -0.39 is 0 Å². The largest absolute Gasteiger partial charge is 0.444 e. The highest BCUT2D eigenvalue weighted by atomic mass is 16.3. The van der Waals surface area contributed by atoms with Crippen molar-refractivity contribution in [2.75, 3.05) is 5.32 Å². The Morgan fingerprint density at radius 3 is 2.65 bits per heavy atom. The molecule has 0 atom stereocenters. The van der Waals surface area contributed by atoms with Gasteiger partial charge in [0.2, 0.25) is 11.8 Å². The minimum absolute atomic E-state index is 0.153. The molecule has 1 N–H and O–H groups in total. The Morgan fingerprint density at radius 1 is 1.22 bits per heavy atom. The van der Waals surface area contributed by atoms with E-state index >= 15 is 0 Å². The zero-order valence-electron chi connectivity index (χ0n) is 13.6. The second-order valence-electron chi connectivity index (χ2n) is 7.08. The van der Waals surface area contributed by atoms with Gasteiger partial charge in [-0.05, 0) is 69.1 Å². The van der Waals surface area contributed by atoms with Crippen LogP contribution in [0.1, 0.15) is 36.9 Å². The van der Waals surface area contributed by atoms with Gasteiger partial charge in [-0.2, -0.15) is 0 Å². The molecule has 2 fully saturated rings. The van der Waals surface area contributed by atoms with Crippen LogP contribution < -0.4 is 5.32 Å². The first-order chi connectivity index (χ1) is 11.1. The topological polar surface area (TPSA) is 55.1 Å². The molecule has 2 saturated carbocycles. The molecule has 0 saturated heterocycles. The third-order valence-electron chi connectivity index (χ3n) is 5.19. The number of nitrogens with zero attached hydrogens (tertiary/aromatic N) is 1. The molecule has 4 heteroatoms. The van der Waals surface area contributed by atoms with Crippen molar-refractivity contribution in [3.63, 3.8) is 0 Å². The molecule has 4 nitrogen and oxygen atoms in total. The van der Waals surface area contributed by atoms with E-state index in [-0.39, 0.29) is 11.8 Å². The van der Waals surface area contributed by atoms with Crippen LogP contribution in [0.25, 0.3) is 11.5 Å². The summed E-state index contributed by atoms with van der Waals surface area (Å²) in [5, 5.41) is 3.06. The van der Waals surface area contributed by atoms with Crippen molar-refractivity contribution in [1.29, 1.82) is 0 Å². The standard InChI is InChI=1S/C19H22N2O2/c1-11-3-6-16(9-17(11)19-20-12(2)10-23-19)21-18(22)15-7-14(8-15)13-4-5-13/h3,6,9-10,13-15H,4-5,7-8H2,1-2H3,(H,21,22). The molecule has 1 aromatic heterocycles. The summed E-state index contributed by atoms with van der Waals surface area (Å²) in [6.07, 6.45) is 6.51. The summed E-state index contributed by atoms with van der Waals surface area (Å²) in [6, 6.07) is 5.90. The highest BCUT2D eigenvalue weighted by molar-refractivity contribution is 5.93. The van der Waals surface area contributed by atoms with Gasteiger partial charge in [0.15, 0.2) is 0 Å². The first kappa shape index (κ1) is 14.5. The minimum atomic E-state index is 0.153. The van der Waals surface area contributed by atoms with Gasteiger partial charge >= 0.3 is 0 Å². The number of hydrogen-bond donors (Lipinski definition) is 1. The number of benzene rings is 1. The van der Waals surface area contributed by atoms with Crippen LogP contribution in [0.3, 0.4) is 0 Å². The van der Waals surface area contributed by atoms with E-state index in [0.29, 0.717) is 5.89 Å². The Morgan fingerprint density at radius 2 is 2.00 bits per heavy atom. The second kappa shape index (κ2) is 5.52. The van der Waals surface area contributed by atoms with Crippen molar-refractivity contribution in [2.24, 2.45) is 17.8 Å². The third-order valence-corrected chi connectivity index (χ3v) is 5.19. The van der Waals surface area contributed by atoms with Crippen LogP contribution in [-0.2, 0) is 4.79 Å². The van der Waals surface area contributed by atoms with Gasteiger partial charge in [0.1, 0.15) is 6.26 Å². The van der Waals surface area contributed by atoms with Crippen molar-refractivity contribution in [3.05, 3.63) is 35.7 Å². The first-order valence-corrected chi connectivity index (χ1v) is 8.44. The van der Waals surface area contributed by atoms with E-state index in [1.54, 1.807) is 6.26 Å². The molecule has 0 bridgehead atoms. The highest BCUT2D eigenvalue weighted by Crippen LogP contribution is 2.49. The van der Waals surface area contributed by atoms with Crippen LogP contribution in [0.4, 0.5) is 5.69 Å². The molecule has 1 aromatic carbocycles. The molecule has 0 spiro atoms. The zero-order valence-corrected chi connectivity index (χ0v) is 13.6. The summed E-state index contributed by atoms with van der Waals surface area (Å²) < 4.78 is 5.49. The van der Waals surface area contributed by atoms with Crippen molar-refractivity contribution in [3.8, 4) is 11.5 Å². The monoisotopic (exact) mass is 310 g/mol. The second-order valence-corrected chi connectivity index (χ2v) is 7.08. The Bertz CT molecular complexity index is 740. The lowest BCUT2D eigenvalue weighted by atomic mass is 9.72. The van der Waals surface area contributed by atoms with Crippen LogP contribution in [-0.4, -0.2) is 10.9 Å². The van der Waals surface area contributed by atoms with E-state index in [4.69, 9.17) is 4.42 Å². The maximum atomic E-state index is 12.4. The number of aromatic nitrogens is 1. The lowest BCUT2D eigenvalue weighted by Gasteiger charge is -2.34. The van der Waals surface area contributed by atoms with Crippen molar-refractivity contribution >= 4 is 11.6 Å². The minimum Gasteiger partial charge on any atom is -0.444 e. The fraction of sp³-hybridized carbons (Fsp3) is 0.474. The molecule has 2 aliphatic carbocycles. The molecule has 1 heterocycles. The number of oxazole rings is 1. The molecule has 120 valence electrons. The number of carbonyl (C=O) groups is 1. The SMILES string of the molecule is Cc1coc(-c2cc(NC(=O)C3CC(C4CC4)C3)ccc2C)n1. The zero-order chi connectivity index (χ0) is 16.0. The van der Waals surface area contributed by atoms with Crippen LogP contribution >= 0.6 is 0 Å². The quantitative estimate of drug-likeness (QED) is 0.914. The number of hydrogen-bond acceptors (Lipinski definition) is 3. The summed E-state index contributed by atoms with van der Waals surface area (Å²) >= 11 is 0.